The molecular weight excluding hydrogens is 324 g/mol. The average Bonchev–Trinajstić information content (AvgIpc) is 2.82. The Morgan fingerprint density at radius 1 is 0.571 bits per heavy atom. The second-order valence-corrected chi connectivity index (χ2v) is 5.94. The van der Waals surface area contributed by atoms with Gasteiger partial charge >= 0.3 is 0 Å². The van der Waals surface area contributed by atoms with Crippen molar-refractivity contribution in [3.05, 3.63) is 82.3 Å². The Morgan fingerprint density at radius 3 is 1.81 bits per heavy atom. The maximum atomic E-state index is 12.8. The van der Waals surface area contributed by atoms with Gasteiger partial charge in [-0.15, -0.1) is 0 Å². The van der Waals surface area contributed by atoms with Gasteiger partial charge in [-0.1, -0.05) is 76.6 Å². The van der Waals surface area contributed by atoms with Crippen LogP contribution in [0.25, 0.3) is 22.3 Å². The number of ketones is 1. The lowest BCUT2D eigenvalue weighted by Gasteiger charge is -2.09. The van der Waals surface area contributed by atoms with Gasteiger partial charge in [0.05, 0.1) is 0 Å². The molecule has 0 heterocycles. The highest BCUT2D eigenvalue weighted by Gasteiger charge is 2.29. The molecule has 0 atom stereocenters. The number of hydrogen-bond donors (Lipinski definition) is 0. The van der Waals surface area contributed by atoms with Crippen LogP contribution in [-0.2, 0) is 0 Å². The number of carbonyl (C=O) groups excluding carboxylic acids is 1. The van der Waals surface area contributed by atoms with Crippen LogP contribution in [0.15, 0.2) is 71.2 Å². The molecule has 1 nitrogen and oxygen atoms in total. The number of carbonyl (C=O) groups is 1. The molecule has 1 aliphatic carbocycles. The molecule has 100 valence electrons. The lowest BCUT2D eigenvalue weighted by Crippen LogP contribution is -1.98. The normalized spacial score (nSPS) is 12.1. The molecule has 0 spiro atoms. The molecular formula is C19H11BrO. The van der Waals surface area contributed by atoms with Gasteiger partial charge in [0.1, 0.15) is 0 Å². The SMILES string of the molecule is O=C1c2ccccc2-c2cccc(-c3ccccc3Br)c21. The number of fused-ring (bicyclic) bond motifs is 3. The van der Waals surface area contributed by atoms with E-state index in [1.165, 1.54) is 0 Å². The Balaban J connectivity index is 2.04. The van der Waals surface area contributed by atoms with Crippen LogP contribution in [0, 0.1) is 0 Å². The fourth-order valence-electron chi connectivity index (χ4n) is 2.98. The van der Waals surface area contributed by atoms with Crippen molar-refractivity contribution >= 4 is 21.7 Å². The first-order valence-corrected chi connectivity index (χ1v) is 7.58. The third-order valence-electron chi connectivity index (χ3n) is 3.92. The van der Waals surface area contributed by atoms with Gasteiger partial charge < -0.3 is 0 Å². The summed E-state index contributed by atoms with van der Waals surface area (Å²) >= 11 is 3.59. The molecule has 0 unspecified atom stereocenters. The van der Waals surface area contributed by atoms with Gasteiger partial charge in [-0.2, -0.15) is 0 Å². The van der Waals surface area contributed by atoms with Crippen LogP contribution in [0.3, 0.4) is 0 Å². The van der Waals surface area contributed by atoms with Crippen molar-refractivity contribution in [1.82, 2.24) is 0 Å². The molecule has 2 heteroatoms. The van der Waals surface area contributed by atoms with Gasteiger partial charge in [0.2, 0.25) is 0 Å². The standard InChI is InChI=1S/C19H11BrO/c20-17-11-4-3-7-13(17)15-10-5-9-14-12-6-1-2-8-16(12)19(21)18(14)15/h1-11H. The van der Waals surface area contributed by atoms with Crippen LogP contribution in [0.2, 0.25) is 0 Å². The fraction of sp³-hybridized carbons (Fsp3) is 0. The second-order valence-electron chi connectivity index (χ2n) is 5.08. The molecule has 0 amide bonds. The quantitative estimate of drug-likeness (QED) is 0.460. The molecule has 0 fully saturated rings. The monoisotopic (exact) mass is 334 g/mol. The molecule has 0 aromatic heterocycles. The highest BCUT2D eigenvalue weighted by Crippen LogP contribution is 2.42. The van der Waals surface area contributed by atoms with Crippen molar-refractivity contribution in [2.24, 2.45) is 0 Å². The Bertz CT molecular complexity index is 880. The first kappa shape index (κ1) is 12.5. The van der Waals surface area contributed by atoms with Crippen molar-refractivity contribution in [1.29, 1.82) is 0 Å². The van der Waals surface area contributed by atoms with Crippen molar-refractivity contribution in [2.45, 2.75) is 0 Å². The average molecular weight is 335 g/mol. The molecule has 0 bridgehead atoms. The summed E-state index contributed by atoms with van der Waals surface area (Å²) in [4.78, 5) is 12.8. The molecule has 0 radical (unpaired) electrons. The van der Waals surface area contributed by atoms with Crippen LogP contribution in [0.4, 0.5) is 0 Å². The van der Waals surface area contributed by atoms with E-state index in [9.17, 15) is 4.79 Å². The number of hydrogen-bond acceptors (Lipinski definition) is 1. The van der Waals surface area contributed by atoms with Gasteiger partial charge in [-0.3, -0.25) is 4.79 Å². The summed E-state index contributed by atoms with van der Waals surface area (Å²) in [5.74, 6) is 0.118. The Kier molecular flexibility index (Phi) is 2.79. The van der Waals surface area contributed by atoms with Crippen LogP contribution in [-0.4, -0.2) is 5.78 Å². The van der Waals surface area contributed by atoms with E-state index in [1.54, 1.807) is 0 Å². The fourth-order valence-corrected chi connectivity index (χ4v) is 3.47. The molecule has 3 aromatic carbocycles. The summed E-state index contributed by atoms with van der Waals surface area (Å²) in [6, 6.07) is 21.9. The summed E-state index contributed by atoms with van der Waals surface area (Å²) in [6.45, 7) is 0. The zero-order valence-electron chi connectivity index (χ0n) is 11.1. The minimum Gasteiger partial charge on any atom is -0.289 e. The zero-order valence-corrected chi connectivity index (χ0v) is 12.7. The van der Waals surface area contributed by atoms with E-state index in [0.717, 1.165) is 37.9 Å². The van der Waals surface area contributed by atoms with E-state index >= 15 is 0 Å². The maximum Gasteiger partial charge on any atom is 0.194 e. The van der Waals surface area contributed by atoms with Crippen LogP contribution in [0.1, 0.15) is 15.9 Å². The minimum absolute atomic E-state index is 0.118. The molecule has 4 rings (SSSR count). The summed E-state index contributed by atoms with van der Waals surface area (Å²) in [6.07, 6.45) is 0. The molecule has 1 aliphatic rings. The molecule has 21 heavy (non-hydrogen) atoms. The van der Waals surface area contributed by atoms with Crippen molar-refractivity contribution < 1.29 is 4.79 Å². The Labute approximate surface area is 131 Å². The first-order chi connectivity index (χ1) is 10.3. The Hall–Kier alpha value is -2.19. The summed E-state index contributed by atoms with van der Waals surface area (Å²) in [5, 5.41) is 0. The lowest BCUT2D eigenvalue weighted by atomic mass is 9.95. The molecule has 0 saturated carbocycles. The zero-order chi connectivity index (χ0) is 14.4. The van der Waals surface area contributed by atoms with Crippen LogP contribution in [0.5, 0.6) is 0 Å². The van der Waals surface area contributed by atoms with E-state index in [4.69, 9.17) is 0 Å². The van der Waals surface area contributed by atoms with Gasteiger partial charge in [0.25, 0.3) is 0 Å². The number of benzene rings is 3. The van der Waals surface area contributed by atoms with Gasteiger partial charge in [0, 0.05) is 15.6 Å². The smallest absolute Gasteiger partial charge is 0.194 e. The minimum atomic E-state index is 0.118. The van der Waals surface area contributed by atoms with Crippen molar-refractivity contribution in [2.75, 3.05) is 0 Å². The predicted octanol–water partition coefficient (Wildman–Crippen LogP) is 5.33. The van der Waals surface area contributed by atoms with Crippen molar-refractivity contribution in [3.63, 3.8) is 0 Å². The largest absolute Gasteiger partial charge is 0.289 e. The molecule has 0 N–H and O–H groups in total. The summed E-state index contributed by atoms with van der Waals surface area (Å²) in [5.41, 5.74) is 5.71. The summed E-state index contributed by atoms with van der Waals surface area (Å²) in [7, 11) is 0. The van der Waals surface area contributed by atoms with E-state index < -0.39 is 0 Å². The topological polar surface area (TPSA) is 17.1 Å². The molecule has 3 aromatic rings. The molecule has 0 aliphatic heterocycles. The number of rotatable bonds is 1. The second kappa shape index (κ2) is 4.68. The van der Waals surface area contributed by atoms with Gasteiger partial charge in [-0.05, 0) is 28.3 Å². The van der Waals surface area contributed by atoms with E-state index in [1.807, 2.05) is 66.7 Å². The maximum absolute atomic E-state index is 12.8. The third-order valence-corrected chi connectivity index (χ3v) is 4.61. The van der Waals surface area contributed by atoms with Crippen molar-refractivity contribution in [3.8, 4) is 22.3 Å². The van der Waals surface area contributed by atoms with Gasteiger partial charge in [0.15, 0.2) is 5.78 Å². The summed E-state index contributed by atoms with van der Waals surface area (Å²) < 4.78 is 1.00. The van der Waals surface area contributed by atoms with Crippen LogP contribution >= 0.6 is 15.9 Å². The van der Waals surface area contributed by atoms with E-state index in [0.29, 0.717) is 0 Å². The number of halogens is 1. The van der Waals surface area contributed by atoms with Gasteiger partial charge in [-0.25, -0.2) is 0 Å². The van der Waals surface area contributed by atoms with E-state index in [-0.39, 0.29) is 5.78 Å². The lowest BCUT2D eigenvalue weighted by molar-refractivity contribution is 0.104. The highest BCUT2D eigenvalue weighted by molar-refractivity contribution is 9.10. The third kappa shape index (κ3) is 1.79. The van der Waals surface area contributed by atoms with Crippen LogP contribution < -0.4 is 0 Å². The first-order valence-electron chi connectivity index (χ1n) is 6.79. The molecule has 0 saturated heterocycles. The predicted molar refractivity (Wildman–Crippen MR) is 88.4 cm³/mol. The van der Waals surface area contributed by atoms with E-state index in [2.05, 4.69) is 15.9 Å². The Morgan fingerprint density at radius 2 is 1.10 bits per heavy atom. The highest BCUT2D eigenvalue weighted by atomic mass is 79.9.